The number of hydrogen-bond donors (Lipinski definition) is 2. The van der Waals surface area contributed by atoms with E-state index < -0.39 is 10.0 Å². The predicted octanol–water partition coefficient (Wildman–Crippen LogP) is 4.48. The number of nitroso groups, excluding NO2 is 1. The van der Waals surface area contributed by atoms with Crippen molar-refractivity contribution in [2.75, 3.05) is 4.72 Å². The molecule has 31 heavy (non-hydrogen) atoms. The number of rotatable bonds is 7. The van der Waals surface area contributed by atoms with E-state index >= 15 is 0 Å². The third-order valence-electron chi connectivity index (χ3n) is 4.32. The molecular formula is C21H17ClN2O5S2. The van der Waals surface area contributed by atoms with Gasteiger partial charge >= 0.3 is 0 Å². The van der Waals surface area contributed by atoms with Crippen LogP contribution in [-0.4, -0.2) is 13.9 Å². The summed E-state index contributed by atoms with van der Waals surface area (Å²) in [5.41, 5.74) is 2.33. The zero-order valence-corrected chi connectivity index (χ0v) is 18.3. The molecule has 0 amide bonds. The molecular weight excluding hydrogens is 460 g/mol. The van der Waals surface area contributed by atoms with Crippen LogP contribution in [-0.2, 0) is 15.8 Å². The quantitative estimate of drug-likeness (QED) is 0.379. The fraction of sp³-hybridized carbons (Fsp3) is 0.0476. The van der Waals surface area contributed by atoms with Crippen molar-refractivity contribution in [1.82, 2.24) is 0 Å². The van der Waals surface area contributed by atoms with Gasteiger partial charge in [0.05, 0.1) is 5.69 Å². The highest BCUT2D eigenvalue weighted by molar-refractivity contribution is 7.98. The van der Waals surface area contributed by atoms with Gasteiger partial charge in [0.1, 0.15) is 5.58 Å². The van der Waals surface area contributed by atoms with Gasteiger partial charge in [-0.3, -0.25) is 4.72 Å². The highest BCUT2D eigenvalue weighted by Crippen LogP contribution is 2.34. The Morgan fingerprint density at radius 1 is 1.00 bits per heavy atom. The molecule has 1 heterocycles. The second kappa shape index (κ2) is 9.52. The van der Waals surface area contributed by atoms with Crippen molar-refractivity contribution in [2.45, 2.75) is 15.7 Å². The van der Waals surface area contributed by atoms with Gasteiger partial charge in [0.2, 0.25) is 5.09 Å². The SMILES string of the molecule is O=[NH+]c1ccc(CSc2ccc(Cl)cc2NS(=O)(=O)c2cc3ccccc3o2)cc1.[OH-]. The molecule has 0 aliphatic heterocycles. The van der Waals surface area contributed by atoms with E-state index in [0.29, 0.717) is 38.0 Å². The number of thioether (sulfide) groups is 1. The summed E-state index contributed by atoms with van der Waals surface area (Å²) in [7, 11) is -3.94. The van der Waals surface area contributed by atoms with Crippen LogP contribution in [0, 0.1) is 4.91 Å². The first-order valence-corrected chi connectivity index (χ1v) is 11.7. The Balaban J connectivity index is 0.00000272. The smallest absolute Gasteiger partial charge is 0.295 e. The fourth-order valence-corrected chi connectivity index (χ4v) is 5.04. The molecule has 0 saturated heterocycles. The predicted molar refractivity (Wildman–Crippen MR) is 120 cm³/mol. The van der Waals surface area contributed by atoms with Gasteiger partial charge in [0.15, 0.2) is 0 Å². The van der Waals surface area contributed by atoms with Crippen LogP contribution in [0.2, 0.25) is 5.02 Å². The summed E-state index contributed by atoms with van der Waals surface area (Å²) in [6, 6.07) is 20.6. The molecule has 0 fully saturated rings. The number of anilines is 1. The van der Waals surface area contributed by atoms with Crippen LogP contribution >= 0.6 is 23.4 Å². The van der Waals surface area contributed by atoms with Crippen LogP contribution < -0.4 is 9.90 Å². The van der Waals surface area contributed by atoms with Gasteiger partial charge in [-0.1, -0.05) is 41.9 Å². The van der Waals surface area contributed by atoms with Crippen molar-refractivity contribution in [3.8, 4) is 0 Å². The maximum atomic E-state index is 12.9. The normalized spacial score (nSPS) is 11.1. The summed E-state index contributed by atoms with van der Waals surface area (Å²) in [5.74, 6) is 0.583. The lowest BCUT2D eigenvalue weighted by Gasteiger charge is -2.12. The second-order valence-electron chi connectivity index (χ2n) is 6.44. The van der Waals surface area contributed by atoms with E-state index in [-0.39, 0.29) is 10.6 Å². The van der Waals surface area contributed by atoms with Crippen molar-refractivity contribution in [3.63, 3.8) is 0 Å². The highest BCUT2D eigenvalue weighted by atomic mass is 35.5. The maximum absolute atomic E-state index is 12.9. The Labute approximate surface area is 187 Å². The summed E-state index contributed by atoms with van der Waals surface area (Å²) in [6.45, 7) is 0. The molecule has 0 saturated carbocycles. The zero-order chi connectivity index (χ0) is 21.1. The van der Waals surface area contributed by atoms with Gasteiger partial charge in [0.25, 0.3) is 15.7 Å². The Bertz CT molecular complexity index is 1290. The molecule has 0 unspecified atom stereocenters. The third kappa shape index (κ3) is 5.26. The number of hydrogen-bond acceptors (Lipinski definition) is 6. The van der Waals surface area contributed by atoms with E-state index in [2.05, 4.69) is 4.72 Å². The van der Waals surface area contributed by atoms with E-state index in [1.54, 1.807) is 48.5 Å². The maximum Gasteiger partial charge on any atom is 0.295 e. The van der Waals surface area contributed by atoms with Gasteiger partial charge in [-0.2, -0.15) is 8.42 Å². The molecule has 0 bridgehead atoms. The molecule has 0 aliphatic carbocycles. The van der Waals surface area contributed by atoms with Crippen molar-refractivity contribution >= 4 is 55.7 Å². The van der Waals surface area contributed by atoms with Gasteiger partial charge in [-0.25, -0.2) is 0 Å². The van der Waals surface area contributed by atoms with Gasteiger partial charge in [-0.05, 0) is 29.8 Å². The molecule has 0 atom stereocenters. The number of nitrogens with one attached hydrogen (secondary N) is 2. The minimum absolute atomic E-state index is 0. The minimum Gasteiger partial charge on any atom is -0.870 e. The monoisotopic (exact) mass is 476 g/mol. The minimum atomic E-state index is -3.94. The van der Waals surface area contributed by atoms with Crippen molar-refractivity contribution in [3.05, 3.63) is 88.3 Å². The van der Waals surface area contributed by atoms with E-state index in [9.17, 15) is 13.3 Å². The molecule has 0 radical (unpaired) electrons. The number of sulfonamides is 1. The van der Waals surface area contributed by atoms with Gasteiger partial charge in [-0.15, -0.1) is 11.8 Å². The average molecular weight is 477 g/mol. The summed E-state index contributed by atoms with van der Waals surface area (Å²) in [6.07, 6.45) is 0. The lowest BCUT2D eigenvalue weighted by atomic mass is 10.2. The number of halogens is 1. The topological polar surface area (TPSA) is 120 Å². The Morgan fingerprint density at radius 2 is 1.74 bits per heavy atom. The summed E-state index contributed by atoms with van der Waals surface area (Å²) in [5, 5.41) is 2.78. The number of benzene rings is 3. The highest BCUT2D eigenvalue weighted by Gasteiger charge is 2.21. The molecule has 4 rings (SSSR count). The molecule has 3 N–H and O–H groups in total. The van der Waals surface area contributed by atoms with Gasteiger partial charge < -0.3 is 9.89 Å². The van der Waals surface area contributed by atoms with Crippen molar-refractivity contribution in [2.24, 2.45) is 0 Å². The molecule has 0 aliphatic rings. The molecule has 7 nitrogen and oxygen atoms in total. The Hall–Kier alpha value is -2.85. The second-order valence-corrected chi connectivity index (χ2v) is 9.50. The largest absolute Gasteiger partial charge is 0.870 e. The van der Waals surface area contributed by atoms with Gasteiger partial charge in [0, 0.05) is 49.3 Å². The average Bonchev–Trinajstić information content (AvgIpc) is 3.19. The standard InChI is InChI=1S/C21H15ClN2O4S2.H2O/c22-16-7-10-20(29-13-14-5-8-17(23-25)9-6-14)18(12-16)24-30(26,27)21-11-15-3-1-2-4-19(15)28-21;/h1-12,24H,13H2;1H2. The number of furan rings is 1. The lowest BCUT2D eigenvalue weighted by Crippen LogP contribution is -2.55. The molecule has 160 valence electrons. The molecule has 1 aromatic heterocycles. The van der Waals surface area contributed by atoms with Crippen LogP contribution in [0.5, 0.6) is 0 Å². The first kappa shape index (κ1) is 22.8. The summed E-state index contributed by atoms with van der Waals surface area (Å²) in [4.78, 5) is 11.4. The van der Waals surface area contributed by atoms with E-state index in [1.165, 1.54) is 17.8 Å². The van der Waals surface area contributed by atoms with E-state index in [0.717, 1.165) is 5.56 Å². The first-order valence-electron chi connectivity index (χ1n) is 8.85. The Kier molecular flexibility index (Phi) is 7.01. The van der Waals surface area contributed by atoms with E-state index in [1.807, 2.05) is 23.4 Å². The molecule has 10 heteroatoms. The van der Waals surface area contributed by atoms with Crippen molar-refractivity contribution in [1.29, 1.82) is 0 Å². The summed E-state index contributed by atoms with van der Waals surface area (Å²) >= 11 is 7.55. The van der Waals surface area contributed by atoms with Crippen molar-refractivity contribution < 1.29 is 23.5 Å². The molecule has 3 aromatic carbocycles. The molecule has 0 spiro atoms. The van der Waals surface area contributed by atoms with Crippen LogP contribution in [0.4, 0.5) is 11.4 Å². The summed E-state index contributed by atoms with van der Waals surface area (Å²) < 4.78 is 33.9. The van der Waals surface area contributed by atoms with Crippen LogP contribution in [0.25, 0.3) is 11.0 Å². The van der Waals surface area contributed by atoms with Crippen LogP contribution in [0.15, 0.2) is 87.2 Å². The van der Waals surface area contributed by atoms with E-state index in [4.69, 9.17) is 16.0 Å². The number of para-hydroxylation sites is 1. The lowest BCUT2D eigenvalue weighted by molar-refractivity contribution is -0.379. The number of fused-ring (bicyclic) bond motifs is 1. The zero-order valence-electron chi connectivity index (χ0n) is 15.9. The third-order valence-corrected chi connectivity index (χ3v) is 6.92. The Morgan fingerprint density at radius 3 is 2.45 bits per heavy atom. The van der Waals surface area contributed by atoms with Crippen LogP contribution in [0.1, 0.15) is 5.56 Å². The molecule has 4 aromatic rings. The van der Waals surface area contributed by atoms with Crippen LogP contribution in [0.3, 0.4) is 0 Å². The first-order chi connectivity index (χ1) is 14.4. The fourth-order valence-electron chi connectivity index (χ4n) is 2.82.